The number of β-lactam (4-membered cyclic amide) rings is 1. The fourth-order valence-electron chi connectivity index (χ4n) is 3.60. The highest BCUT2D eigenvalue weighted by Gasteiger charge is 2.64. The van der Waals surface area contributed by atoms with E-state index in [1.165, 1.54) is 38.3 Å². The van der Waals surface area contributed by atoms with E-state index in [0.29, 0.717) is 0 Å². The van der Waals surface area contributed by atoms with Gasteiger partial charge in [0.1, 0.15) is 0 Å². The molecule has 1 N–H and O–H groups in total. The number of nitrogens with zero attached hydrogens (tertiary/aromatic N) is 1. The summed E-state index contributed by atoms with van der Waals surface area (Å²) >= 11 is 0. The van der Waals surface area contributed by atoms with Gasteiger partial charge in [-0.05, 0) is 31.2 Å². The fourth-order valence-corrected chi connectivity index (χ4v) is 5.75. The first-order valence-electron chi connectivity index (χ1n) is 9.62. The Kier molecular flexibility index (Phi) is 5.77. The Balaban J connectivity index is 2.06. The molecule has 2 heterocycles. The molecule has 32 heavy (non-hydrogen) atoms. The SMILES string of the molecule is CO[C@H]1C(=O)N2C(C(=O)C(C)(C)C)=C(C)C(OC(=O)c3ccc(C(=O)O)cc3)S(=O)(=O)[C@H]12. The predicted molar refractivity (Wildman–Crippen MR) is 110 cm³/mol. The monoisotopic (exact) mass is 465 g/mol. The first-order valence-corrected chi connectivity index (χ1v) is 11.2. The molecule has 10 nitrogen and oxygen atoms in total. The van der Waals surface area contributed by atoms with Crippen LogP contribution in [0.2, 0.25) is 0 Å². The van der Waals surface area contributed by atoms with E-state index in [-0.39, 0.29) is 22.4 Å². The topological polar surface area (TPSA) is 144 Å². The van der Waals surface area contributed by atoms with E-state index < -0.39 is 55.8 Å². The number of hydrogen-bond donors (Lipinski definition) is 1. The van der Waals surface area contributed by atoms with Crippen molar-refractivity contribution in [2.45, 2.75) is 44.6 Å². The van der Waals surface area contributed by atoms with Gasteiger partial charge in [0.05, 0.1) is 16.8 Å². The summed E-state index contributed by atoms with van der Waals surface area (Å²) in [6.45, 7) is 6.19. The summed E-state index contributed by atoms with van der Waals surface area (Å²) in [6.07, 6.45) is -1.33. The molecule has 0 aliphatic carbocycles. The Morgan fingerprint density at radius 1 is 1.06 bits per heavy atom. The van der Waals surface area contributed by atoms with Gasteiger partial charge in [-0.25, -0.2) is 18.0 Å². The van der Waals surface area contributed by atoms with Crippen LogP contribution >= 0.6 is 0 Å². The summed E-state index contributed by atoms with van der Waals surface area (Å²) in [4.78, 5) is 50.2. The molecule has 0 bridgehead atoms. The number of benzene rings is 1. The van der Waals surface area contributed by atoms with E-state index in [1.54, 1.807) is 20.8 Å². The number of ether oxygens (including phenoxy) is 2. The lowest BCUT2D eigenvalue weighted by atomic mass is 9.85. The quantitative estimate of drug-likeness (QED) is 0.503. The van der Waals surface area contributed by atoms with Crippen LogP contribution in [-0.2, 0) is 28.9 Å². The molecule has 0 saturated carbocycles. The molecule has 0 aromatic heterocycles. The minimum atomic E-state index is -4.31. The van der Waals surface area contributed by atoms with E-state index >= 15 is 0 Å². The molecule has 3 rings (SSSR count). The number of Topliss-reactive ketones (excluding diaryl/α,β-unsaturated/α-hetero) is 1. The van der Waals surface area contributed by atoms with Crippen LogP contribution in [0.3, 0.4) is 0 Å². The highest BCUT2D eigenvalue weighted by Crippen LogP contribution is 2.43. The number of carbonyl (C=O) groups excluding carboxylic acids is 3. The van der Waals surface area contributed by atoms with Gasteiger partial charge in [-0.1, -0.05) is 20.8 Å². The number of ketones is 1. The van der Waals surface area contributed by atoms with Gasteiger partial charge in [0, 0.05) is 18.1 Å². The van der Waals surface area contributed by atoms with Crippen LogP contribution in [0.25, 0.3) is 0 Å². The number of aromatic carboxylic acids is 1. The van der Waals surface area contributed by atoms with Crippen LogP contribution in [0.4, 0.5) is 0 Å². The van der Waals surface area contributed by atoms with Crippen molar-refractivity contribution in [3.05, 3.63) is 46.7 Å². The minimum absolute atomic E-state index is 0.0625. The third-order valence-corrected chi connectivity index (χ3v) is 7.51. The second-order valence-electron chi connectivity index (χ2n) is 8.57. The van der Waals surface area contributed by atoms with Gasteiger partial charge in [0.2, 0.25) is 15.3 Å². The van der Waals surface area contributed by atoms with Crippen molar-refractivity contribution >= 4 is 33.5 Å². The van der Waals surface area contributed by atoms with Crippen molar-refractivity contribution < 1.29 is 42.2 Å². The second kappa shape index (κ2) is 7.82. The molecular weight excluding hydrogens is 442 g/mol. The zero-order chi connectivity index (χ0) is 24.2. The number of allylic oxidation sites excluding steroid dienone is 1. The highest BCUT2D eigenvalue weighted by molar-refractivity contribution is 7.93. The molecule has 1 aromatic rings. The first-order chi connectivity index (χ1) is 14.7. The van der Waals surface area contributed by atoms with Crippen molar-refractivity contribution in [1.29, 1.82) is 0 Å². The Morgan fingerprint density at radius 3 is 2.06 bits per heavy atom. The molecule has 0 radical (unpaired) electrons. The largest absolute Gasteiger partial charge is 0.478 e. The number of esters is 1. The normalized spacial score (nSPS) is 24.5. The van der Waals surface area contributed by atoms with Crippen molar-refractivity contribution in [3.8, 4) is 0 Å². The zero-order valence-electron chi connectivity index (χ0n) is 18.1. The molecule has 3 atom stereocenters. The van der Waals surface area contributed by atoms with E-state index in [9.17, 15) is 27.6 Å². The first kappa shape index (κ1) is 23.6. The lowest BCUT2D eigenvalue weighted by molar-refractivity contribution is -0.161. The van der Waals surface area contributed by atoms with Crippen molar-refractivity contribution in [2.75, 3.05) is 7.11 Å². The van der Waals surface area contributed by atoms with E-state index in [0.717, 1.165) is 4.90 Å². The van der Waals surface area contributed by atoms with Crippen LogP contribution in [0.15, 0.2) is 35.5 Å². The van der Waals surface area contributed by atoms with Crippen LogP contribution in [0.5, 0.6) is 0 Å². The molecular formula is C21H23NO9S. The Labute approximate surface area is 184 Å². The highest BCUT2D eigenvalue weighted by atomic mass is 32.2. The summed E-state index contributed by atoms with van der Waals surface area (Å²) in [6, 6.07) is 4.74. The molecule has 2 aliphatic rings. The summed E-state index contributed by atoms with van der Waals surface area (Å²) in [5.41, 5.74) is -3.11. The average Bonchev–Trinajstić information content (AvgIpc) is 2.70. The van der Waals surface area contributed by atoms with Gasteiger partial charge >= 0.3 is 11.9 Å². The van der Waals surface area contributed by atoms with Crippen LogP contribution < -0.4 is 0 Å². The van der Waals surface area contributed by atoms with Gasteiger partial charge in [-0.2, -0.15) is 0 Å². The van der Waals surface area contributed by atoms with Crippen molar-refractivity contribution in [2.24, 2.45) is 5.41 Å². The lowest BCUT2D eigenvalue weighted by Gasteiger charge is -2.50. The number of hydrogen-bond acceptors (Lipinski definition) is 8. The molecule has 0 spiro atoms. The van der Waals surface area contributed by atoms with Crippen LogP contribution in [0.1, 0.15) is 48.4 Å². The van der Waals surface area contributed by atoms with Crippen molar-refractivity contribution in [3.63, 3.8) is 0 Å². The smallest absolute Gasteiger partial charge is 0.339 e. The molecule has 1 fully saturated rings. The maximum atomic E-state index is 13.3. The lowest BCUT2D eigenvalue weighted by Crippen LogP contribution is -2.72. The van der Waals surface area contributed by atoms with Gasteiger partial charge in [0.15, 0.2) is 17.3 Å². The maximum absolute atomic E-state index is 13.3. The number of carbonyl (C=O) groups is 4. The molecule has 1 unspecified atom stereocenters. The Morgan fingerprint density at radius 2 is 1.59 bits per heavy atom. The van der Waals surface area contributed by atoms with Gasteiger partial charge in [-0.3, -0.25) is 14.5 Å². The molecule has 172 valence electrons. The standard InChI is InChI=1S/C21H23NO9S/c1-10-13(15(23)21(2,3)4)22-16(24)14(30-5)17(22)32(28,29)20(10)31-19(27)12-8-6-11(7-9-12)18(25)26/h6-9,14,17,20H,1-5H3,(H,25,26)/t14-,17+,20?/m0/s1. The average molecular weight is 465 g/mol. The molecule has 2 aliphatic heterocycles. The molecule has 1 aromatic carbocycles. The summed E-state index contributed by atoms with van der Waals surface area (Å²) < 4.78 is 36.8. The van der Waals surface area contributed by atoms with E-state index in [2.05, 4.69) is 0 Å². The Bertz CT molecular complexity index is 1140. The number of carboxylic acids is 1. The number of fused-ring (bicyclic) bond motifs is 1. The predicted octanol–water partition coefficient (Wildman–Crippen LogP) is 1.37. The van der Waals surface area contributed by atoms with Gasteiger partial charge in [-0.15, -0.1) is 0 Å². The Hall–Kier alpha value is -3.05. The maximum Gasteiger partial charge on any atom is 0.339 e. The van der Waals surface area contributed by atoms with Crippen LogP contribution in [-0.4, -0.2) is 66.1 Å². The van der Waals surface area contributed by atoms with E-state index in [1.807, 2.05) is 0 Å². The minimum Gasteiger partial charge on any atom is -0.478 e. The zero-order valence-corrected chi connectivity index (χ0v) is 18.9. The number of rotatable bonds is 5. The van der Waals surface area contributed by atoms with Crippen molar-refractivity contribution in [1.82, 2.24) is 4.90 Å². The molecule has 1 saturated heterocycles. The van der Waals surface area contributed by atoms with E-state index in [4.69, 9.17) is 14.6 Å². The number of amides is 1. The number of sulfone groups is 1. The van der Waals surface area contributed by atoms with Gasteiger partial charge < -0.3 is 14.6 Å². The van der Waals surface area contributed by atoms with Gasteiger partial charge in [0.25, 0.3) is 5.91 Å². The second-order valence-corrected chi connectivity index (χ2v) is 10.7. The molecule has 1 amide bonds. The summed E-state index contributed by atoms with van der Waals surface area (Å²) in [7, 11) is -3.13. The number of carboxylic acid groups (broad SMARTS) is 1. The third-order valence-electron chi connectivity index (χ3n) is 5.33. The number of methoxy groups -OCH3 is 1. The fraction of sp³-hybridized carbons (Fsp3) is 0.429. The molecule has 11 heteroatoms. The van der Waals surface area contributed by atoms with Crippen LogP contribution in [0, 0.1) is 5.41 Å². The third kappa shape index (κ3) is 3.61. The summed E-state index contributed by atoms with van der Waals surface area (Å²) in [5, 5.41) is 7.48. The summed E-state index contributed by atoms with van der Waals surface area (Å²) in [5.74, 6) is -3.36.